The van der Waals surface area contributed by atoms with Crippen molar-refractivity contribution in [1.29, 1.82) is 0 Å². The number of nitrogens with zero attached hydrogens (tertiary/aromatic N) is 2. The van der Waals surface area contributed by atoms with Gasteiger partial charge < -0.3 is 9.13 Å². The molecule has 1 aromatic heterocycles. The topological polar surface area (TPSA) is 9.86 Å². The maximum atomic E-state index is 14.2. The van der Waals surface area contributed by atoms with E-state index in [9.17, 15) is 4.39 Å². The van der Waals surface area contributed by atoms with E-state index in [2.05, 4.69) is 0 Å². The van der Waals surface area contributed by atoms with Crippen LogP contribution in [0.15, 0.2) is 24.4 Å². The molecule has 1 aliphatic carbocycles. The van der Waals surface area contributed by atoms with Crippen molar-refractivity contribution >= 4 is 47.4 Å². The quantitative estimate of drug-likeness (QED) is 0.609. The van der Waals surface area contributed by atoms with Gasteiger partial charge in [-0.15, -0.1) is 0 Å². The number of imidazole rings is 1. The molecule has 1 aliphatic heterocycles. The molecule has 22 heavy (non-hydrogen) atoms. The number of halogens is 2. The Morgan fingerprint density at radius 2 is 2.09 bits per heavy atom. The molecule has 2 atom stereocenters. The van der Waals surface area contributed by atoms with Crippen LogP contribution in [0.5, 0.6) is 0 Å². The van der Waals surface area contributed by atoms with E-state index in [1.807, 2.05) is 4.57 Å². The molecular weight excluding hydrogens is 315 g/mol. The fraction of sp³-hybridized carbons (Fsp3) is 0.357. The van der Waals surface area contributed by atoms with Crippen LogP contribution in [-0.4, -0.2) is 32.7 Å². The predicted molar refractivity (Wildman–Crippen MR) is 88.9 cm³/mol. The van der Waals surface area contributed by atoms with E-state index in [1.165, 1.54) is 10.6 Å². The Kier molecular flexibility index (Phi) is 2.88. The van der Waals surface area contributed by atoms with Crippen molar-refractivity contribution in [1.82, 2.24) is 9.13 Å². The van der Waals surface area contributed by atoms with E-state index in [0.29, 0.717) is 21.9 Å². The zero-order valence-corrected chi connectivity index (χ0v) is 13.2. The molecule has 104 valence electrons. The number of rotatable bonds is 2. The summed E-state index contributed by atoms with van der Waals surface area (Å²) in [6.45, 7) is 0.589. The van der Waals surface area contributed by atoms with Gasteiger partial charge in [0.05, 0.1) is 23.5 Å². The second-order valence-corrected chi connectivity index (χ2v) is 7.02. The summed E-state index contributed by atoms with van der Waals surface area (Å²) < 4.78 is 18.1. The van der Waals surface area contributed by atoms with E-state index in [4.69, 9.17) is 47.4 Å². The highest BCUT2D eigenvalue weighted by Crippen LogP contribution is 2.66. The lowest BCUT2D eigenvalue weighted by atomic mass is 9.49. The van der Waals surface area contributed by atoms with Crippen LogP contribution in [0.2, 0.25) is 5.02 Å². The lowest BCUT2D eigenvalue weighted by Crippen LogP contribution is -2.35. The summed E-state index contributed by atoms with van der Waals surface area (Å²) in [6, 6.07) is 4.68. The second-order valence-electron chi connectivity index (χ2n) is 6.22. The van der Waals surface area contributed by atoms with E-state index < -0.39 is 5.24 Å². The van der Waals surface area contributed by atoms with Crippen molar-refractivity contribution < 1.29 is 4.39 Å². The van der Waals surface area contributed by atoms with Gasteiger partial charge in [-0.05, 0) is 42.4 Å². The lowest BCUT2D eigenvalue weighted by Gasteiger charge is -2.23. The van der Waals surface area contributed by atoms with Gasteiger partial charge in [-0.25, -0.2) is 4.39 Å². The standard InChI is InChI=1S/C14H9B3ClFN2S/c15-14(16,17)21-5-11-9-4-13(9,6-20(11)12(21)22)8-3-7(18)1-2-10(8)19/h1-3,5,9H,4,6H2/t9-,13+/m0/s1. The van der Waals surface area contributed by atoms with E-state index >= 15 is 0 Å². The Balaban J connectivity index is 1.80. The van der Waals surface area contributed by atoms with E-state index in [0.717, 1.165) is 12.1 Å². The first kappa shape index (κ1) is 14.6. The highest BCUT2D eigenvalue weighted by molar-refractivity contribution is 7.71. The zero-order valence-electron chi connectivity index (χ0n) is 11.6. The van der Waals surface area contributed by atoms with Crippen LogP contribution in [0.25, 0.3) is 0 Å². The SMILES string of the molecule is [B]C([B])([B])n1cc2n(c1=S)C[C@@]1(c3cc(Cl)ccc3F)C[C@@H]21. The summed E-state index contributed by atoms with van der Waals surface area (Å²) in [5, 5.41) is -1.00. The summed E-state index contributed by atoms with van der Waals surface area (Å²) in [4.78, 5) is 0. The fourth-order valence-electron chi connectivity index (χ4n) is 3.62. The maximum absolute atomic E-state index is 14.2. The van der Waals surface area contributed by atoms with Gasteiger partial charge in [0.25, 0.3) is 0 Å². The van der Waals surface area contributed by atoms with Crippen LogP contribution >= 0.6 is 23.8 Å². The van der Waals surface area contributed by atoms with Crippen molar-refractivity contribution in [2.75, 3.05) is 0 Å². The van der Waals surface area contributed by atoms with Crippen LogP contribution in [-0.2, 0) is 17.2 Å². The Morgan fingerprint density at radius 1 is 1.36 bits per heavy atom. The Hall–Kier alpha value is -0.935. The van der Waals surface area contributed by atoms with Gasteiger partial charge >= 0.3 is 0 Å². The van der Waals surface area contributed by atoms with Gasteiger partial charge in [0, 0.05) is 34.8 Å². The van der Waals surface area contributed by atoms with Crippen LogP contribution in [0.3, 0.4) is 0 Å². The largest absolute Gasteiger partial charge is 0.343 e. The number of hydrogen-bond acceptors (Lipinski definition) is 1. The average molecular weight is 324 g/mol. The minimum atomic E-state index is -1.53. The maximum Gasteiger partial charge on any atom is 0.178 e. The van der Waals surface area contributed by atoms with Crippen LogP contribution in [0, 0.1) is 10.6 Å². The molecule has 2 heterocycles. The molecule has 0 N–H and O–H groups in total. The van der Waals surface area contributed by atoms with E-state index in [1.54, 1.807) is 18.3 Å². The highest BCUT2D eigenvalue weighted by Gasteiger charge is 2.62. The molecule has 0 bridgehead atoms. The van der Waals surface area contributed by atoms with Crippen LogP contribution < -0.4 is 0 Å². The van der Waals surface area contributed by atoms with E-state index in [-0.39, 0.29) is 17.2 Å². The van der Waals surface area contributed by atoms with Crippen LogP contribution in [0.1, 0.15) is 23.6 Å². The average Bonchev–Trinajstić information content (AvgIpc) is 2.92. The van der Waals surface area contributed by atoms with Gasteiger partial charge in [0.1, 0.15) is 5.82 Å². The van der Waals surface area contributed by atoms with Crippen LogP contribution in [0.4, 0.5) is 4.39 Å². The first-order valence-electron chi connectivity index (χ1n) is 6.89. The predicted octanol–water partition coefficient (Wildman–Crippen LogP) is 2.32. The van der Waals surface area contributed by atoms with Crippen molar-refractivity contribution in [3.05, 3.63) is 51.3 Å². The molecule has 2 aromatic rings. The zero-order chi connectivity index (χ0) is 15.9. The molecule has 8 heteroatoms. The first-order chi connectivity index (χ1) is 10.2. The van der Waals surface area contributed by atoms with Gasteiger partial charge in [-0.1, -0.05) is 16.8 Å². The Labute approximate surface area is 141 Å². The normalized spacial score (nSPS) is 25.8. The molecular formula is C14H9B3ClFN2S. The third-order valence-corrected chi connectivity index (χ3v) is 5.42. The third kappa shape index (κ3) is 1.85. The van der Waals surface area contributed by atoms with Crippen molar-refractivity contribution in [3.8, 4) is 0 Å². The summed E-state index contributed by atoms with van der Waals surface area (Å²) in [5.74, 6) is -0.0481. The number of benzene rings is 1. The molecule has 1 aromatic carbocycles. The van der Waals surface area contributed by atoms with Gasteiger partial charge in [-0.2, -0.15) is 0 Å². The molecule has 0 amide bonds. The summed E-state index contributed by atoms with van der Waals surface area (Å²) >= 11 is 11.4. The smallest absolute Gasteiger partial charge is 0.178 e. The second kappa shape index (κ2) is 4.32. The molecule has 1 saturated carbocycles. The number of fused-ring (bicyclic) bond motifs is 3. The lowest BCUT2D eigenvalue weighted by molar-refractivity contribution is 0.524. The molecule has 2 nitrogen and oxygen atoms in total. The number of hydrogen-bond donors (Lipinski definition) is 0. The molecule has 6 radical (unpaired) electrons. The molecule has 0 unspecified atom stereocenters. The fourth-order valence-corrected chi connectivity index (χ4v) is 4.18. The molecule has 0 spiro atoms. The third-order valence-electron chi connectivity index (χ3n) is 4.76. The van der Waals surface area contributed by atoms with Gasteiger partial charge in [0.2, 0.25) is 0 Å². The Morgan fingerprint density at radius 3 is 2.73 bits per heavy atom. The molecule has 1 fully saturated rings. The molecule has 0 saturated heterocycles. The summed E-state index contributed by atoms with van der Waals surface area (Å²) in [6.07, 6.45) is 2.64. The monoisotopic (exact) mass is 324 g/mol. The van der Waals surface area contributed by atoms with Crippen molar-refractivity contribution in [2.45, 2.75) is 29.5 Å². The summed E-state index contributed by atoms with van der Waals surface area (Å²) in [7, 11) is 17.2. The van der Waals surface area contributed by atoms with Gasteiger partial charge in [-0.3, -0.25) is 0 Å². The van der Waals surface area contributed by atoms with Crippen molar-refractivity contribution in [3.63, 3.8) is 0 Å². The van der Waals surface area contributed by atoms with Crippen molar-refractivity contribution in [2.24, 2.45) is 0 Å². The van der Waals surface area contributed by atoms with Gasteiger partial charge in [0.15, 0.2) is 4.77 Å². The minimum absolute atomic E-state index is 0.186. The first-order valence-corrected chi connectivity index (χ1v) is 7.67. The molecule has 2 aliphatic rings. The highest BCUT2D eigenvalue weighted by atomic mass is 35.5. The number of aromatic nitrogens is 2. The summed E-state index contributed by atoms with van der Waals surface area (Å²) in [5.41, 5.74) is 1.38. The minimum Gasteiger partial charge on any atom is -0.343 e. The molecule has 4 rings (SSSR count). The Bertz CT molecular complexity index is 857.